The zero-order valence-electron chi connectivity index (χ0n) is 13.2. The lowest BCUT2D eigenvalue weighted by molar-refractivity contribution is -0.120. The Morgan fingerprint density at radius 2 is 1.58 bits per heavy atom. The van der Waals surface area contributed by atoms with Gasteiger partial charge in [-0.2, -0.15) is 0 Å². The Morgan fingerprint density at radius 1 is 1.00 bits per heavy atom. The molecule has 126 valence electrons. The van der Waals surface area contributed by atoms with Crippen LogP contribution in [0.3, 0.4) is 0 Å². The molecule has 1 aromatic rings. The van der Waals surface area contributed by atoms with E-state index >= 15 is 0 Å². The second-order valence-electron chi connectivity index (χ2n) is 6.10. The molecule has 5 amide bonds. The predicted octanol–water partition coefficient (Wildman–Crippen LogP) is 1.44. The summed E-state index contributed by atoms with van der Waals surface area (Å²) in [4.78, 5) is 49.0. The molecular formula is C17H19N3O4. The summed E-state index contributed by atoms with van der Waals surface area (Å²) in [6.45, 7) is -0.468. The Labute approximate surface area is 139 Å². The maximum absolute atomic E-state index is 12.2. The summed E-state index contributed by atoms with van der Waals surface area (Å²) in [7, 11) is 0. The van der Waals surface area contributed by atoms with E-state index in [1.807, 2.05) is 0 Å². The van der Waals surface area contributed by atoms with Gasteiger partial charge in [0.1, 0.15) is 6.54 Å². The number of fused-ring (bicyclic) bond motifs is 1. The fraction of sp³-hybridized carbons (Fsp3) is 0.412. The molecule has 7 nitrogen and oxygen atoms in total. The highest BCUT2D eigenvalue weighted by molar-refractivity contribution is 6.22. The molecule has 1 fully saturated rings. The van der Waals surface area contributed by atoms with Gasteiger partial charge in [-0.15, -0.1) is 0 Å². The number of carbonyl (C=O) groups excluding carboxylic acids is 4. The summed E-state index contributed by atoms with van der Waals surface area (Å²) in [5, 5.41) is 4.94. The molecule has 0 bridgehead atoms. The SMILES string of the molecule is O=C(CN1C(=O)c2ccccc2C1=O)NC(=O)NC1CCCCC1. The van der Waals surface area contributed by atoms with Crippen molar-refractivity contribution in [2.75, 3.05) is 6.54 Å². The molecule has 3 rings (SSSR count). The van der Waals surface area contributed by atoms with E-state index in [0.717, 1.165) is 30.6 Å². The summed E-state index contributed by atoms with van der Waals surface area (Å²) in [6, 6.07) is 5.90. The minimum atomic E-state index is -0.683. The van der Waals surface area contributed by atoms with Crippen molar-refractivity contribution in [3.8, 4) is 0 Å². The molecule has 1 aliphatic carbocycles. The smallest absolute Gasteiger partial charge is 0.321 e. The third-order valence-electron chi connectivity index (χ3n) is 4.37. The number of nitrogens with one attached hydrogen (secondary N) is 2. The molecule has 0 radical (unpaired) electrons. The largest absolute Gasteiger partial charge is 0.335 e. The molecule has 24 heavy (non-hydrogen) atoms. The van der Waals surface area contributed by atoms with Crippen LogP contribution >= 0.6 is 0 Å². The summed E-state index contributed by atoms with van der Waals surface area (Å²) < 4.78 is 0. The van der Waals surface area contributed by atoms with Gasteiger partial charge in [-0.1, -0.05) is 31.4 Å². The lowest BCUT2D eigenvalue weighted by Crippen LogP contribution is -2.48. The Morgan fingerprint density at radius 3 is 2.17 bits per heavy atom. The van der Waals surface area contributed by atoms with Gasteiger partial charge < -0.3 is 5.32 Å². The molecule has 0 spiro atoms. The number of urea groups is 1. The van der Waals surface area contributed by atoms with Crippen molar-refractivity contribution in [3.05, 3.63) is 35.4 Å². The zero-order chi connectivity index (χ0) is 17.1. The molecule has 2 aliphatic rings. The Kier molecular flexibility index (Phi) is 4.59. The third-order valence-corrected chi connectivity index (χ3v) is 4.37. The van der Waals surface area contributed by atoms with E-state index < -0.39 is 30.3 Å². The van der Waals surface area contributed by atoms with E-state index in [9.17, 15) is 19.2 Å². The standard InChI is InChI=1S/C17H19N3O4/c21-14(19-17(24)18-11-6-2-1-3-7-11)10-20-15(22)12-8-4-5-9-13(12)16(20)23/h4-5,8-9,11H,1-3,6-7,10H2,(H2,18,19,21,24). The van der Waals surface area contributed by atoms with Crippen molar-refractivity contribution in [1.82, 2.24) is 15.5 Å². The van der Waals surface area contributed by atoms with Gasteiger partial charge in [0, 0.05) is 6.04 Å². The van der Waals surface area contributed by atoms with Crippen LogP contribution in [0, 0.1) is 0 Å². The molecular weight excluding hydrogens is 310 g/mol. The highest BCUT2D eigenvalue weighted by atomic mass is 16.2. The minimum absolute atomic E-state index is 0.0749. The van der Waals surface area contributed by atoms with Crippen molar-refractivity contribution < 1.29 is 19.2 Å². The second-order valence-corrected chi connectivity index (χ2v) is 6.10. The second kappa shape index (κ2) is 6.82. The topological polar surface area (TPSA) is 95.6 Å². The quantitative estimate of drug-likeness (QED) is 0.820. The lowest BCUT2D eigenvalue weighted by atomic mass is 9.96. The van der Waals surface area contributed by atoms with Crippen LogP contribution in [-0.4, -0.2) is 41.2 Å². The average molecular weight is 329 g/mol. The van der Waals surface area contributed by atoms with Gasteiger partial charge in [0.2, 0.25) is 5.91 Å². The van der Waals surface area contributed by atoms with Gasteiger partial charge in [0.25, 0.3) is 11.8 Å². The monoisotopic (exact) mass is 329 g/mol. The maximum Gasteiger partial charge on any atom is 0.321 e. The van der Waals surface area contributed by atoms with Crippen LogP contribution in [0.4, 0.5) is 4.79 Å². The van der Waals surface area contributed by atoms with Crippen molar-refractivity contribution >= 4 is 23.8 Å². The van der Waals surface area contributed by atoms with Crippen molar-refractivity contribution in [3.63, 3.8) is 0 Å². The van der Waals surface area contributed by atoms with E-state index in [1.165, 1.54) is 6.42 Å². The van der Waals surface area contributed by atoms with Crippen LogP contribution in [0.1, 0.15) is 52.8 Å². The molecule has 0 aromatic heterocycles. The van der Waals surface area contributed by atoms with Gasteiger partial charge >= 0.3 is 6.03 Å². The van der Waals surface area contributed by atoms with Crippen LogP contribution in [0.5, 0.6) is 0 Å². The number of hydrogen-bond donors (Lipinski definition) is 2. The fourth-order valence-electron chi connectivity index (χ4n) is 3.16. The van der Waals surface area contributed by atoms with Gasteiger partial charge in [-0.3, -0.25) is 24.6 Å². The normalized spacial score (nSPS) is 17.6. The highest BCUT2D eigenvalue weighted by Gasteiger charge is 2.36. The Hall–Kier alpha value is -2.70. The van der Waals surface area contributed by atoms with Crippen LogP contribution in [-0.2, 0) is 4.79 Å². The van der Waals surface area contributed by atoms with Gasteiger partial charge in [0.15, 0.2) is 0 Å². The first kappa shape index (κ1) is 16.2. The average Bonchev–Trinajstić information content (AvgIpc) is 2.81. The van der Waals surface area contributed by atoms with E-state index in [1.54, 1.807) is 24.3 Å². The molecule has 1 saturated carbocycles. The number of hydrogen-bond acceptors (Lipinski definition) is 4. The lowest BCUT2D eigenvalue weighted by Gasteiger charge is -2.22. The molecule has 1 heterocycles. The zero-order valence-corrected chi connectivity index (χ0v) is 13.2. The predicted molar refractivity (Wildman–Crippen MR) is 85.4 cm³/mol. The number of amides is 5. The van der Waals surface area contributed by atoms with Crippen LogP contribution in [0.15, 0.2) is 24.3 Å². The van der Waals surface area contributed by atoms with Gasteiger partial charge in [-0.05, 0) is 25.0 Å². The van der Waals surface area contributed by atoms with E-state index in [0.29, 0.717) is 0 Å². The molecule has 2 N–H and O–H groups in total. The van der Waals surface area contributed by atoms with E-state index in [4.69, 9.17) is 0 Å². The van der Waals surface area contributed by atoms with Crippen molar-refractivity contribution in [2.45, 2.75) is 38.1 Å². The van der Waals surface area contributed by atoms with E-state index in [2.05, 4.69) is 10.6 Å². The Bertz CT molecular complexity index is 660. The van der Waals surface area contributed by atoms with Crippen molar-refractivity contribution in [2.24, 2.45) is 0 Å². The fourth-order valence-corrected chi connectivity index (χ4v) is 3.16. The van der Waals surface area contributed by atoms with E-state index in [-0.39, 0.29) is 17.2 Å². The first-order chi connectivity index (χ1) is 11.6. The number of benzene rings is 1. The molecule has 7 heteroatoms. The molecule has 0 unspecified atom stereocenters. The maximum atomic E-state index is 12.2. The number of nitrogens with zero attached hydrogens (tertiary/aromatic N) is 1. The highest BCUT2D eigenvalue weighted by Crippen LogP contribution is 2.22. The Balaban J connectivity index is 1.55. The van der Waals surface area contributed by atoms with Crippen LogP contribution < -0.4 is 10.6 Å². The minimum Gasteiger partial charge on any atom is -0.335 e. The number of carbonyl (C=O) groups is 4. The molecule has 1 aliphatic heterocycles. The molecule has 0 atom stereocenters. The first-order valence-corrected chi connectivity index (χ1v) is 8.12. The number of rotatable bonds is 3. The number of imide groups is 2. The summed E-state index contributed by atoms with van der Waals surface area (Å²) in [5.41, 5.74) is 0.559. The molecule has 1 aromatic carbocycles. The van der Waals surface area contributed by atoms with Crippen molar-refractivity contribution in [1.29, 1.82) is 0 Å². The first-order valence-electron chi connectivity index (χ1n) is 8.12. The molecule has 0 saturated heterocycles. The van der Waals surface area contributed by atoms with Gasteiger partial charge in [-0.25, -0.2) is 4.79 Å². The van der Waals surface area contributed by atoms with Gasteiger partial charge in [0.05, 0.1) is 11.1 Å². The summed E-state index contributed by atoms with van der Waals surface area (Å²) >= 11 is 0. The summed E-state index contributed by atoms with van der Waals surface area (Å²) in [5.74, 6) is -1.71. The third kappa shape index (κ3) is 3.29. The van der Waals surface area contributed by atoms with Crippen LogP contribution in [0.2, 0.25) is 0 Å². The van der Waals surface area contributed by atoms with Crippen LogP contribution in [0.25, 0.3) is 0 Å². The summed E-state index contributed by atoms with van der Waals surface area (Å²) in [6.07, 6.45) is 5.10.